The molecule has 52 heavy (non-hydrogen) atoms. The first-order valence-electron chi connectivity index (χ1n) is 14.9. The Kier molecular flexibility index (Phi) is 13.2. The Morgan fingerprint density at radius 1 is 0.885 bits per heavy atom. The van der Waals surface area contributed by atoms with E-state index in [0.717, 1.165) is 18.2 Å². The van der Waals surface area contributed by atoms with Crippen LogP contribution in [0.15, 0.2) is 89.4 Å². The number of ether oxygens (including phenoxy) is 2. The van der Waals surface area contributed by atoms with E-state index >= 15 is 0 Å². The maximum atomic E-state index is 13.7. The lowest BCUT2D eigenvalue weighted by atomic mass is 10.1. The van der Waals surface area contributed by atoms with Gasteiger partial charge in [0.2, 0.25) is 6.10 Å². The van der Waals surface area contributed by atoms with Crippen molar-refractivity contribution in [2.75, 3.05) is 5.32 Å². The monoisotopic (exact) mass is 795 g/mol. The second-order valence-corrected chi connectivity index (χ2v) is 13.4. The largest absolute Gasteiger partial charge is 0.457 e. The van der Waals surface area contributed by atoms with Crippen LogP contribution in [0.2, 0.25) is 10.0 Å². The van der Waals surface area contributed by atoms with Crippen LogP contribution < -0.4 is 15.4 Å². The maximum absolute atomic E-state index is 13.7. The number of amides is 3. The van der Waals surface area contributed by atoms with Crippen LogP contribution in [0.5, 0.6) is 11.5 Å². The van der Waals surface area contributed by atoms with Crippen molar-refractivity contribution in [1.29, 1.82) is 5.26 Å². The zero-order chi connectivity index (χ0) is 38.3. The van der Waals surface area contributed by atoms with Gasteiger partial charge in [-0.15, -0.1) is 0 Å². The van der Waals surface area contributed by atoms with Gasteiger partial charge in [0.15, 0.2) is 11.6 Å². The summed E-state index contributed by atoms with van der Waals surface area (Å²) in [4.78, 5) is 36.0. The van der Waals surface area contributed by atoms with Crippen molar-refractivity contribution in [3.8, 4) is 17.6 Å². The van der Waals surface area contributed by atoms with Crippen LogP contribution in [0.25, 0.3) is 0 Å². The number of rotatable bonds is 8. The highest BCUT2D eigenvalue weighted by atomic mass is 35.5. The van der Waals surface area contributed by atoms with Crippen molar-refractivity contribution in [1.82, 2.24) is 5.32 Å². The van der Waals surface area contributed by atoms with E-state index in [4.69, 9.17) is 55.9 Å². The summed E-state index contributed by atoms with van der Waals surface area (Å²) in [6, 6.07) is 20.3. The van der Waals surface area contributed by atoms with E-state index in [9.17, 15) is 37.2 Å². The predicted octanol–water partition coefficient (Wildman–Crippen LogP) is 10.7. The molecule has 0 aliphatic heterocycles. The second kappa shape index (κ2) is 17.1. The van der Waals surface area contributed by atoms with Crippen molar-refractivity contribution in [2.45, 2.75) is 20.0 Å². The fraction of sp³-hybridized carbons (Fsp3) is 0.167. The standard InChI is InChI=1S/C22H19Cl2NO3.C14H6Cl2F4N2O2/c1-22(2)17(12-19(23)24)20(22)21(26)28-18(13-25)14-7-6-10-16(11-14)27-15-8-4-3-5-9-15;15-5-4-8(12(20)10(16)11(5)19)21-14(24)22-13(23)9-6(17)2-1-3-7(9)18/h3-12,17-18,20H,1-2H3;1-4H,(H2,21,22,23,24)/t17-,18?,20-;/m0./s1. The number of urea groups is 1. The number of imide groups is 1. The molecular formula is C36H25Cl4F4N3O5. The molecular weight excluding hydrogens is 772 g/mol. The molecule has 0 bridgehead atoms. The summed E-state index contributed by atoms with van der Waals surface area (Å²) in [5.41, 5.74) is -1.40. The van der Waals surface area contributed by atoms with Crippen LogP contribution in [-0.4, -0.2) is 17.9 Å². The molecule has 1 saturated carbocycles. The maximum Gasteiger partial charge on any atom is 0.326 e. The number of hydrogen-bond acceptors (Lipinski definition) is 6. The number of hydrogen-bond donors (Lipinski definition) is 2. The Hall–Kier alpha value is -4.80. The molecule has 16 heteroatoms. The van der Waals surface area contributed by atoms with Gasteiger partial charge >= 0.3 is 12.0 Å². The van der Waals surface area contributed by atoms with Crippen molar-refractivity contribution in [3.63, 3.8) is 0 Å². The van der Waals surface area contributed by atoms with E-state index in [1.807, 2.05) is 55.6 Å². The van der Waals surface area contributed by atoms with Gasteiger partial charge in [0.25, 0.3) is 5.91 Å². The summed E-state index contributed by atoms with van der Waals surface area (Å²) in [6.45, 7) is 3.87. The molecule has 5 rings (SSSR count). The van der Waals surface area contributed by atoms with Crippen molar-refractivity contribution < 1.29 is 41.4 Å². The number of carbonyl (C=O) groups is 3. The van der Waals surface area contributed by atoms with Gasteiger partial charge in [-0.25, -0.2) is 22.4 Å². The van der Waals surface area contributed by atoms with Gasteiger partial charge in [-0.3, -0.25) is 14.9 Å². The smallest absolute Gasteiger partial charge is 0.326 e. The summed E-state index contributed by atoms with van der Waals surface area (Å²) < 4.78 is 65.2. The lowest BCUT2D eigenvalue weighted by molar-refractivity contribution is -0.149. The van der Waals surface area contributed by atoms with E-state index in [1.165, 1.54) is 0 Å². The first kappa shape index (κ1) is 40.0. The zero-order valence-electron chi connectivity index (χ0n) is 26.8. The molecule has 0 saturated heterocycles. The first-order chi connectivity index (χ1) is 24.5. The number of carbonyl (C=O) groups excluding carboxylic acids is 3. The minimum Gasteiger partial charge on any atom is -0.457 e. The van der Waals surface area contributed by atoms with Crippen LogP contribution in [0, 0.1) is 51.9 Å². The van der Waals surface area contributed by atoms with Crippen molar-refractivity contribution >= 4 is 70.0 Å². The molecule has 4 aromatic carbocycles. The van der Waals surface area contributed by atoms with Gasteiger partial charge < -0.3 is 14.8 Å². The molecule has 0 aromatic heterocycles. The van der Waals surface area contributed by atoms with Gasteiger partial charge in [0, 0.05) is 5.56 Å². The number of benzene rings is 4. The van der Waals surface area contributed by atoms with Crippen molar-refractivity contribution in [3.05, 3.63) is 134 Å². The number of para-hydroxylation sites is 1. The van der Waals surface area contributed by atoms with Gasteiger partial charge in [-0.1, -0.05) is 96.6 Å². The van der Waals surface area contributed by atoms with Gasteiger partial charge in [0.05, 0.1) is 16.6 Å². The summed E-state index contributed by atoms with van der Waals surface area (Å²) in [5, 5.41) is 11.4. The van der Waals surface area contributed by atoms with E-state index in [2.05, 4.69) is 0 Å². The number of esters is 1. The third-order valence-corrected chi connectivity index (χ3v) is 8.59. The highest BCUT2D eigenvalue weighted by Crippen LogP contribution is 2.60. The molecule has 270 valence electrons. The van der Waals surface area contributed by atoms with Crippen LogP contribution >= 0.6 is 46.4 Å². The molecule has 1 fully saturated rings. The number of nitrogens with one attached hydrogen (secondary N) is 2. The predicted molar refractivity (Wildman–Crippen MR) is 187 cm³/mol. The van der Waals surface area contributed by atoms with E-state index in [-0.39, 0.29) is 21.7 Å². The Morgan fingerprint density at radius 3 is 2.12 bits per heavy atom. The molecule has 0 radical (unpaired) electrons. The third-order valence-electron chi connectivity index (χ3n) is 7.73. The van der Waals surface area contributed by atoms with Crippen LogP contribution in [0.1, 0.15) is 35.9 Å². The van der Waals surface area contributed by atoms with Crippen LogP contribution in [0.3, 0.4) is 0 Å². The van der Waals surface area contributed by atoms with Gasteiger partial charge in [-0.05, 0) is 59.9 Å². The first-order valence-corrected chi connectivity index (χ1v) is 16.4. The normalized spacial score (nSPS) is 15.8. The van der Waals surface area contributed by atoms with Crippen LogP contribution in [-0.2, 0) is 9.53 Å². The fourth-order valence-electron chi connectivity index (χ4n) is 5.00. The Balaban J connectivity index is 0.000000236. The van der Waals surface area contributed by atoms with E-state index in [1.54, 1.807) is 35.7 Å². The quantitative estimate of drug-likeness (QED) is 0.0793. The van der Waals surface area contributed by atoms with Crippen LogP contribution in [0.4, 0.5) is 28.0 Å². The average molecular weight is 797 g/mol. The number of halogens is 8. The summed E-state index contributed by atoms with van der Waals surface area (Å²) in [5.74, 6) is -6.07. The molecule has 0 heterocycles. The average Bonchev–Trinajstić information content (AvgIpc) is 3.63. The molecule has 1 aliphatic carbocycles. The fourth-order valence-corrected chi connectivity index (χ4v) is 5.72. The third kappa shape index (κ3) is 9.74. The molecule has 0 spiro atoms. The number of anilines is 1. The van der Waals surface area contributed by atoms with Gasteiger partial charge in [-0.2, -0.15) is 5.26 Å². The Morgan fingerprint density at radius 2 is 1.50 bits per heavy atom. The topological polar surface area (TPSA) is 118 Å². The lowest BCUT2D eigenvalue weighted by Gasteiger charge is -2.13. The van der Waals surface area contributed by atoms with E-state index < -0.39 is 68.6 Å². The highest BCUT2D eigenvalue weighted by molar-refractivity contribution is 6.55. The Bertz CT molecular complexity index is 2050. The second-order valence-electron chi connectivity index (χ2n) is 11.6. The molecule has 1 aliphatic rings. The molecule has 8 nitrogen and oxygen atoms in total. The molecule has 3 amide bonds. The van der Waals surface area contributed by atoms with E-state index in [0.29, 0.717) is 23.1 Å². The highest BCUT2D eigenvalue weighted by Gasteiger charge is 2.62. The zero-order valence-corrected chi connectivity index (χ0v) is 29.9. The molecule has 3 atom stereocenters. The number of allylic oxidation sites excluding steroid dienone is 1. The summed E-state index contributed by atoms with van der Waals surface area (Å²) in [6.07, 6.45) is 0.615. The van der Waals surface area contributed by atoms with Crippen molar-refractivity contribution in [2.24, 2.45) is 17.3 Å². The lowest BCUT2D eigenvalue weighted by Crippen LogP contribution is -2.35. The molecule has 1 unspecified atom stereocenters. The minimum atomic E-state index is -1.40. The number of nitrogens with zero attached hydrogens (tertiary/aromatic N) is 1. The number of nitriles is 1. The molecule has 2 N–H and O–H groups in total. The Labute approximate surface area is 314 Å². The van der Waals surface area contributed by atoms with Gasteiger partial charge in [0.1, 0.15) is 44.3 Å². The summed E-state index contributed by atoms with van der Waals surface area (Å²) >= 11 is 22.3. The molecule has 4 aromatic rings. The minimum absolute atomic E-state index is 0.114. The SMILES string of the molecule is CC1(C)[C@H](C(=O)OC(C#N)c2cccc(Oc3ccccc3)c2)[C@@H]1C=C(Cl)Cl.O=C(NC(=O)c1c(F)cccc1F)Nc1cc(Cl)c(F)c(Cl)c1F. The summed E-state index contributed by atoms with van der Waals surface area (Å²) in [7, 11) is 0.